The molecule has 1 fully saturated rings. The van der Waals surface area contributed by atoms with E-state index in [2.05, 4.69) is 14.8 Å². The summed E-state index contributed by atoms with van der Waals surface area (Å²) < 4.78 is 0. The summed E-state index contributed by atoms with van der Waals surface area (Å²) in [6.45, 7) is 4.18. The molecule has 1 saturated heterocycles. The van der Waals surface area contributed by atoms with Gasteiger partial charge in [0.1, 0.15) is 5.82 Å². The molecule has 2 heterocycles. The van der Waals surface area contributed by atoms with Crippen molar-refractivity contribution in [1.29, 1.82) is 0 Å². The molecule has 0 atom stereocenters. The molecule has 7 nitrogen and oxygen atoms in total. The molecule has 1 aliphatic heterocycles. The minimum Gasteiger partial charge on any atom is -0.397 e. The molecule has 0 aliphatic carbocycles. The number of nitrogens with zero attached hydrogens (tertiary/aromatic N) is 3. The summed E-state index contributed by atoms with van der Waals surface area (Å²) in [5.41, 5.74) is 11.5. The van der Waals surface area contributed by atoms with Crippen LogP contribution in [0.3, 0.4) is 0 Å². The number of β-amino-alcohol motifs (C(OH)–C–C–N with tert-alkyl or cyclic N) is 1. The van der Waals surface area contributed by atoms with Crippen molar-refractivity contribution >= 4 is 17.4 Å². The molecule has 7 heteroatoms. The molecule has 0 spiro atoms. The Balaban J connectivity index is 2.07. The van der Waals surface area contributed by atoms with Gasteiger partial charge < -0.3 is 21.5 Å². The number of nitrogen functional groups attached to an aromatic ring is 1. The Morgan fingerprint density at radius 1 is 1.37 bits per heavy atom. The Labute approximate surface area is 111 Å². The highest BCUT2D eigenvalue weighted by molar-refractivity contribution is 5.98. The zero-order chi connectivity index (χ0) is 13.8. The predicted octanol–water partition coefficient (Wildman–Crippen LogP) is -1.12. The van der Waals surface area contributed by atoms with Gasteiger partial charge in [0.05, 0.1) is 24.1 Å². The molecule has 104 valence electrons. The molecule has 5 N–H and O–H groups in total. The predicted molar refractivity (Wildman–Crippen MR) is 72.9 cm³/mol. The smallest absolute Gasteiger partial charge is 0.250 e. The number of anilines is 2. The van der Waals surface area contributed by atoms with Crippen LogP contribution < -0.4 is 16.4 Å². The summed E-state index contributed by atoms with van der Waals surface area (Å²) in [6, 6.07) is 1.64. The van der Waals surface area contributed by atoms with Gasteiger partial charge in [0.15, 0.2) is 0 Å². The van der Waals surface area contributed by atoms with Gasteiger partial charge in [0.2, 0.25) is 0 Å². The fourth-order valence-corrected chi connectivity index (χ4v) is 2.18. The molecular formula is C12H19N5O2. The molecule has 1 aromatic heterocycles. The minimum atomic E-state index is -0.542. The topological polar surface area (TPSA) is 109 Å². The molecule has 0 radical (unpaired) electrons. The maximum atomic E-state index is 11.3. The van der Waals surface area contributed by atoms with Crippen LogP contribution in [0.15, 0.2) is 12.3 Å². The lowest BCUT2D eigenvalue weighted by atomic mass is 10.2. The number of piperazine rings is 1. The van der Waals surface area contributed by atoms with Crippen LogP contribution in [0.2, 0.25) is 0 Å². The molecule has 0 unspecified atom stereocenters. The Bertz CT molecular complexity index is 457. The van der Waals surface area contributed by atoms with E-state index in [4.69, 9.17) is 16.6 Å². The van der Waals surface area contributed by atoms with Gasteiger partial charge in [-0.05, 0) is 6.07 Å². The molecule has 1 aromatic rings. The van der Waals surface area contributed by atoms with E-state index in [-0.39, 0.29) is 6.61 Å². The van der Waals surface area contributed by atoms with Crippen LogP contribution in [0.1, 0.15) is 10.4 Å². The maximum Gasteiger partial charge on any atom is 0.250 e. The van der Waals surface area contributed by atoms with Gasteiger partial charge in [-0.3, -0.25) is 9.69 Å². The zero-order valence-electron chi connectivity index (χ0n) is 10.7. The van der Waals surface area contributed by atoms with Crippen LogP contribution in [0.4, 0.5) is 11.5 Å². The third kappa shape index (κ3) is 3.12. The molecule has 1 aliphatic rings. The Hall–Kier alpha value is -1.86. The van der Waals surface area contributed by atoms with E-state index in [9.17, 15) is 4.79 Å². The lowest BCUT2D eigenvalue weighted by molar-refractivity contribution is 0.100. The van der Waals surface area contributed by atoms with Crippen LogP contribution in [0.5, 0.6) is 0 Å². The summed E-state index contributed by atoms with van der Waals surface area (Å²) in [5.74, 6) is 0.173. The second-order valence-electron chi connectivity index (χ2n) is 4.55. The van der Waals surface area contributed by atoms with Crippen LogP contribution in [0.25, 0.3) is 0 Å². The molecule has 0 bridgehead atoms. The average molecular weight is 265 g/mol. The number of aliphatic hydroxyl groups is 1. The first-order chi connectivity index (χ1) is 9.11. The summed E-state index contributed by atoms with van der Waals surface area (Å²) in [6.07, 6.45) is 1.47. The van der Waals surface area contributed by atoms with Gasteiger partial charge in [0, 0.05) is 32.7 Å². The van der Waals surface area contributed by atoms with E-state index in [1.165, 1.54) is 6.20 Å². The quantitative estimate of drug-likeness (QED) is 0.636. The van der Waals surface area contributed by atoms with Gasteiger partial charge in [-0.1, -0.05) is 0 Å². The van der Waals surface area contributed by atoms with Crippen molar-refractivity contribution in [2.24, 2.45) is 5.73 Å². The average Bonchev–Trinajstić information content (AvgIpc) is 2.40. The Kier molecular flexibility index (Phi) is 4.18. The van der Waals surface area contributed by atoms with Crippen molar-refractivity contribution in [2.45, 2.75) is 0 Å². The van der Waals surface area contributed by atoms with Crippen molar-refractivity contribution < 1.29 is 9.90 Å². The first-order valence-electron chi connectivity index (χ1n) is 6.25. The third-order valence-electron chi connectivity index (χ3n) is 3.30. The molecule has 19 heavy (non-hydrogen) atoms. The van der Waals surface area contributed by atoms with E-state index in [0.29, 0.717) is 23.6 Å². The number of primary amides is 1. The number of hydrogen-bond acceptors (Lipinski definition) is 6. The lowest BCUT2D eigenvalue weighted by Gasteiger charge is -2.35. The summed E-state index contributed by atoms with van der Waals surface area (Å²) >= 11 is 0. The van der Waals surface area contributed by atoms with E-state index in [1.54, 1.807) is 6.07 Å². The van der Waals surface area contributed by atoms with Gasteiger partial charge in [-0.15, -0.1) is 0 Å². The number of hydrogen-bond donors (Lipinski definition) is 3. The van der Waals surface area contributed by atoms with Crippen molar-refractivity contribution in [2.75, 3.05) is 50.0 Å². The normalized spacial score (nSPS) is 16.6. The fourth-order valence-electron chi connectivity index (χ4n) is 2.18. The molecule has 0 saturated carbocycles. The standard InChI is InChI=1S/C12H19N5O2/c13-10-8-15-11(7-9(10)12(14)19)17-3-1-16(2-4-17)5-6-18/h7-8,18H,1-6,13H2,(H2,14,19). The molecule has 1 amide bonds. The third-order valence-corrected chi connectivity index (χ3v) is 3.30. The van der Waals surface area contributed by atoms with Gasteiger partial charge in [0.25, 0.3) is 5.91 Å². The monoisotopic (exact) mass is 265 g/mol. The highest BCUT2D eigenvalue weighted by Crippen LogP contribution is 2.19. The van der Waals surface area contributed by atoms with Crippen molar-refractivity contribution in [3.05, 3.63) is 17.8 Å². The summed E-state index contributed by atoms with van der Waals surface area (Å²) in [5, 5.41) is 8.90. The molecule has 2 rings (SSSR count). The van der Waals surface area contributed by atoms with Crippen molar-refractivity contribution in [3.63, 3.8) is 0 Å². The number of rotatable bonds is 4. The van der Waals surface area contributed by atoms with E-state index >= 15 is 0 Å². The maximum absolute atomic E-state index is 11.3. The number of carbonyl (C=O) groups is 1. The summed E-state index contributed by atoms with van der Waals surface area (Å²) in [4.78, 5) is 19.8. The van der Waals surface area contributed by atoms with Crippen LogP contribution in [-0.4, -0.2) is 60.2 Å². The largest absolute Gasteiger partial charge is 0.397 e. The number of nitrogens with two attached hydrogens (primary N) is 2. The highest BCUT2D eigenvalue weighted by Gasteiger charge is 2.19. The van der Waals surface area contributed by atoms with Gasteiger partial charge in [-0.2, -0.15) is 0 Å². The Morgan fingerprint density at radius 2 is 2.05 bits per heavy atom. The highest BCUT2D eigenvalue weighted by atomic mass is 16.3. The summed E-state index contributed by atoms with van der Waals surface area (Å²) in [7, 11) is 0. The molecule has 0 aromatic carbocycles. The second kappa shape index (κ2) is 5.85. The second-order valence-corrected chi connectivity index (χ2v) is 4.55. The van der Waals surface area contributed by atoms with E-state index < -0.39 is 5.91 Å². The van der Waals surface area contributed by atoms with Crippen molar-refractivity contribution in [3.8, 4) is 0 Å². The van der Waals surface area contributed by atoms with Crippen molar-refractivity contribution in [1.82, 2.24) is 9.88 Å². The number of carbonyl (C=O) groups excluding carboxylic acids is 1. The lowest BCUT2D eigenvalue weighted by Crippen LogP contribution is -2.47. The minimum absolute atomic E-state index is 0.173. The van der Waals surface area contributed by atoms with Crippen LogP contribution in [0, 0.1) is 0 Å². The zero-order valence-corrected chi connectivity index (χ0v) is 10.7. The van der Waals surface area contributed by atoms with E-state index in [1.807, 2.05) is 0 Å². The molecular weight excluding hydrogens is 246 g/mol. The first-order valence-corrected chi connectivity index (χ1v) is 6.25. The van der Waals surface area contributed by atoms with E-state index in [0.717, 1.165) is 26.2 Å². The van der Waals surface area contributed by atoms with Gasteiger partial charge >= 0.3 is 0 Å². The fraction of sp³-hybridized carbons (Fsp3) is 0.500. The number of aliphatic hydroxyl groups excluding tert-OH is 1. The number of aromatic nitrogens is 1. The number of amides is 1. The van der Waals surface area contributed by atoms with Gasteiger partial charge in [-0.25, -0.2) is 4.98 Å². The SMILES string of the molecule is NC(=O)c1cc(N2CCN(CCO)CC2)ncc1N. The van der Waals surface area contributed by atoms with Crippen LogP contribution in [-0.2, 0) is 0 Å². The first kappa shape index (κ1) is 13.6. The van der Waals surface area contributed by atoms with Crippen LogP contribution >= 0.6 is 0 Å². The Morgan fingerprint density at radius 3 is 2.63 bits per heavy atom. The number of pyridine rings is 1.